The van der Waals surface area contributed by atoms with E-state index in [-0.39, 0.29) is 51.2 Å². The quantitative estimate of drug-likeness (QED) is 0.401. The second kappa shape index (κ2) is 7.18. The van der Waals surface area contributed by atoms with E-state index in [4.69, 9.17) is 5.11 Å². The van der Waals surface area contributed by atoms with Gasteiger partial charge in [-0.05, 0) is 24.3 Å². The third-order valence-electron chi connectivity index (χ3n) is 1.13. The van der Waals surface area contributed by atoms with Crippen molar-refractivity contribution in [3.05, 3.63) is 24.3 Å². The van der Waals surface area contributed by atoms with Gasteiger partial charge in [-0.3, -0.25) is 0 Å². The topological polar surface area (TPSA) is 137 Å². The fraction of sp³-hybridized carbons (Fsp3) is 0. The fourth-order valence-electron chi connectivity index (χ4n) is 0.613. The molecule has 0 bridgehead atoms. The predicted octanol–water partition coefficient (Wildman–Crippen LogP) is -3.05. The van der Waals surface area contributed by atoms with E-state index in [1.165, 1.54) is 0 Å². The first-order chi connectivity index (χ1) is 5.00. The molecule has 6 nitrogen and oxygen atoms in total. The van der Waals surface area contributed by atoms with Gasteiger partial charge in [-0.2, -0.15) is 0 Å². The fourth-order valence-corrected chi connectivity index (χ4v) is 1.08. The minimum absolute atomic E-state index is 0. The van der Waals surface area contributed by atoms with Gasteiger partial charge < -0.3 is 20.6 Å². The molecule has 14 heavy (non-hydrogen) atoms. The van der Waals surface area contributed by atoms with Gasteiger partial charge in [-0.25, -0.2) is 8.42 Å². The summed E-state index contributed by atoms with van der Waals surface area (Å²) in [4.78, 5) is -0.338. The molecule has 0 unspecified atom stereocenters. The molecule has 0 atom stereocenters. The summed E-state index contributed by atoms with van der Waals surface area (Å²) in [5, 5.41) is 8.73. The maximum Gasteiger partial charge on any atom is 1.00 e. The molecule has 0 aliphatic rings. The summed E-state index contributed by atoms with van der Waals surface area (Å²) in [5.74, 6) is -0.0719. The first kappa shape index (κ1) is 19.4. The van der Waals surface area contributed by atoms with Crippen LogP contribution in [0.15, 0.2) is 29.2 Å². The third-order valence-corrected chi connectivity index (χ3v) is 1.97. The molecule has 0 aliphatic heterocycles. The van der Waals surface area contributed by atoms with E-state index in [9.17, 15) is 13.0 Å². The smallest absolute Gasteiger partial charge is 0.870 e. The van der Waals surface area contributed by atoms with Gasteiger partial charge in [0, 0.05) is 0 Å². The van der Waals surface area contributed by atoms with Crippen molar-refractivity contribution in [1.29, 1.82) is 0 Å². The molecule has 8 heteroatoms. The van der Waals surface area contributed by atoms with E-state index in [1.54, 1.807) is 0 Å². The molecule has 0 heterocycles. The molecule has 3 N–H and O–H groups in total. The first-order valence-corrected chi connectivity index (χ1v) is 4.16. The molecule has 1 rings (SSSR count). The molecule has 0 saturated heterocycles. The number of phenols is 1. The maximum absolute atomic E-state index is 10.3. The number of phenolic OH excluding ortho intramolecular Hbond substituents is 1. The molecular formula is C6H7NaO6S-2. The van der Waals surface area contributed by atoms with Crippen LogP contribution in [0.4, 0.5) is 0 Å². The Labute approximate surface area is 103 Å². The average molecular weight is 230 g/mol. The minimum atomic E-state index is -4.38. The van der Waals surface area contributed by atoms with Gasteiger partial charge >= 0.3 is 29.6 Å². The molecule has 1 aromatic rings. The zero-order chi connectivity index (χ0) is 8.48. The summed E-state index contributed by atoms with van der Waals surface area (Å²) in [6, 6.07) is 4.39. The van der Waals surface area contributed by atoms with Gasteiger partial charge in [0.1, 0.15) is 15.9 Å². The monoisotopic (exact) mass is 230 g/mol. The van der Waals surface area contributed by atoms with Gasteiger partial charge in [0.05, 0.1) is 4.90 Å². The number of hydrogen-bond acceptors (Lipinski definition) is 6. The van der Waals surface area contributed by atoms with Gasteiger partial charge in [-0.15, -0.1) is 0 Å². The van der Waals surface area contributed by atoms with Gasteiger partial charge in [0.2, 0.25) is 0 Å². The normalized spacial score (nSPS) is 8.93. The zero-order valence-electron chi connectivity index (χ0n) is 7.28. The zero-order valence-corrected chi connectivity index (χ0v) is 10.1. The Morgan fingerprint density at radius 3 is 1.71 bits per heavy atom. The Morgan fingerprint density at radius 2 is 1.43 bits per heavy atom. The van der Waals surface area contributed by atoms with Crippen LogP contribution < -0.4 is 29.6 Å². The van der Waals surface area contributed by atoms with Crippen LogP contribution in [0.2, 0.25) is 0 Å². The number of aromatic hydroxyl groups is 1. The second-order valence-electron chi connectivity index (χ2n) is 1.95. The van der Waals surface area contributed by atoms with E-state index in [2.05, 4.69) is 0 Å². The standard InChI is InChI=1S/C6H6O4S.Na.2H2O/c7-5-1-3-6(4-2-5)11(8,9)10;;;/h1-4,7H,(H,8,9,10);;2*1H2/q;+1;;/p-3. The van der Waals surface area contributed by atoms with Gasteiger partial charge in [0.25, 0.3) is 0 Å². The van der Waals surface area contributed by atoms with Gasteiger partial charge in [-0.1, -0.05) is 0 Å². The van der Waals surface area contributed by atoms with E-state index >= 15 is 0 Å². The largest absolute Gasteiger partial charge is 1.00 e. The molecule has 0 amide bonds. The Balaban J connectivity index is -0.000000403. The average Bonchev–Trinajstić information content (AvgIpc) is 1.86. The molecule has 0 fully saturated rings. The summed E-state index contributed by atoms with van der Waals surface area (Å²) in [6.45, 7) is 0. The summed E-state index contributed by atoms with van der Waals surface area (Å²) in [5.41, 5.74) is 0. The van der Waals surface area contributed by atoms with Crippen molar-refractivity contribution < 1.29 is 58.6 Å². The van der Waals surface area contributed by atoms with E-state index in [0.29, 0.717) is 0 Å². The Morgan fingerprint density at radius 1 is 1.07 bits per heavy atom. The minimum Gasteiger partial charge on any atom is -0.870 e. The van der Waals surface area contributed by atoms with Crippen LogP contribution in [0.5, 0.6) is 5.75 Å². The van der Waals surface area contributed by atoms with Crippen LogP contribution in [-0.2, 0) is 10.1 Å². The molecular weight excluding hydrogens is 223 g/mol. The van der Waals surface area contributed by atoms with Crippen molar-refractivity contribution in [1.82, 2.24) is 0 Å². The van der Waals surface area contributed by atoms with Crippen LogP contribution in [-0.4, -0.2) is 29.0 Å². The molecule has 0 saturated carbocycles. The summed E-state index contributed by atoms with van der Waals surface area (Å²) >= 11 is 0. The molecule has 0 radical (unpaired) electrons. The first-order valence-electron chi connectivity index (χ1n) is 2.75. The maximum atomic E-state index is 10.3. The molecule has 76 valence electrons. The van der Waals surface area contributed by atoms with Crippen LogP contribution in [0.1, 0.15) is 0 Å². The molecule has 0 spiro atoms. The van der Waals surface area contributed by atoms with Crippen molar-refractivity contribution in [2.75, 3.05) is 0 Å². The SMILES string of the molecule is O=S(=O)([O-])c1ccc(O)cc1.[Na+].[OH-].[OH-]. The van der Waals surface area contributed by atoms with Crippen molar-refractivity contribution in [2.24, 2.45) is 0 Å². The summed E-state index contributed by atoms with van der Waals surface area (Å²) < 4.78 is 30.9. The van der Waals surface area contributed by atoms with Crippen LogP contribution in [0.3, 0.4) is 0 Å². The number of rotatable bonds is 1. The van der Waals surface area contributed by atoms with Crippen LogP contribution in [0.25, 0.3) is 0 Å². The second-order valence-corrected chi connectivity index (χ2v) is 3.33. The predicted molar refractivity (Wildman–Crippen MR) is 39.9 cm³/mol. The number of hydrogen-bond donors (Lipinski definition) is 1. The van der Waals surface area contributed by atoms with E-state index in [1.807, 2.05) is 0 Å². The van der Waals surface area contributed by atoms with Crippen molar-refractivity contribution in [3.8, 4) is 5.75 Å². The van der Waals surface area contributed by atoms with Crippen LogP contribution in [0, 0.1) is 0 Å². The molecule has 0 aromatic heterocycles. The number of benzene rings is 1. The van der Waals surface area contributed by atoms with Crippen molar-refractivity contribution in [2.45, 2.75) is 4.90 Å². The summed E-state index contributed by atoms with van der Waals surface area (Å²) in [7, 11) is -4.38. The molecule has 0 aliphatic carbocycles. The summed E-state index contributed by atoms with van der Waals surface area (Å²) in [6.07, 6.45) is 0. The van der Waals surface area contributed by atoms with E-state index in [0.717, 1.165) is 24.3 Å². The third kappa shape index (κ3) is 5.55. The Bertz CT molecular complexity index is 345. The molecule has 1 aromatic carbocycles. The Kier molecular flexibility index (Phi) is 9.97. The van der Waals surface area contributed by atoms with Gasteiger partial charge in [0.15, 0.2) is 0 Å². The van der Waals surface area contributed by atoms with Crippen molar-refractivity contribution in [3.63, 3.8) is 0 Å². The van der Waals surface area contributed by atoms with Crippen molar-refractivity contribution >= 4 is 10.1 Å². The van der Waals surface area contributed by atoms with E-state index < -0.39 is 10.1 Å². The Hall–Kier alpha value is -0.150. The van der Waals surface area contributed by atoms with Crippen LogP contribution >= 0.6 is 0 Å².